The Morgan fingerprint density at radius 1 is 1.09 bits per heavy atom. The molecule has 0 fully saturated rings. The van der Waals surface area contributed by atoms with E-state index in [-0.39, 0.29) is 41.9 Å². The van der Waals surface area contributed by atoms with E-state index in [9.17, 15) is 22.8 Å². The highest BCUT2D eigenvalue weighted by Crippen LogP contribution is 2.30. The average Bonchev–Trinajstić information content (AvgIpc) is 3.01. The standard InChI is InChI=1S/C24H28BrN3O5S/c1-4-16(2)26-23(30)17(3)27(15-18-9-11-19(25)12-10-18)22(29)13-14-28-24(31)20-7-5-6-8-21(20)34(28,32)33/h5-12,16-17H,4,13-15H2,1-3H3,(H,26,30)/t16-,17+/m0/s1. The van der Waals surface area contributed by atoms with Crippen LogP contribution in [0, 0.1) is 0 Å². The Labute approximate surface area is 208 Å². The minimum Gasteiger partial charge on any atom is -0.352 e. The van der Waals surface area contributed by atoms with E-state index >= 15 is 0 Å². The van der Waals surface area contributed by atoms with Gasteiger partial charge in [0.15, 0.2) is 0 Å². The topological polar surface area (TPSA) is 104 Å². The fourth-order valence-electron chi connectivity index (χ4n) is 3.63. The summed E-state index contributed by atoms with van der Waals surface area (Å²) in [6, 6.07) is 12.5. The van der Waals surface area contributed by atoms with Crippen LogP contribution in [-0.4, -0.2) is 54.0 Å². The molecule has 0 aromatic heterocycles. The average molecular weight is 550 g/mol. The van der Waals surface area contributed by atoms with Crippen molar-refractivity contribution in [3.63, 3.8) is 0 Å². The van der Waals surface area contributed by atoms with Crippen molar-refractivity contribution in [3.8, 4) is 0 Å². The van der Waals surface area contributed by atoms with E-state index in [1.807, 2.05) is 38.1 Å². The molecule has 34 heavy (non-hydrogen) atoms. The fourth-order valence-corrected chi connectivity index (χ4v) is 5.46. The summed E-state index contributed by atoms with van der Waals surface area (Å²) in [6.45, 7) is 5.34. The van der Waals surface area contributed by atoms with Crippen LogP contribution in [0.1, 0.15) is 49.5 Å². The molecule has 2 atom stereocenters. The van der Waals surface area contributed by atoms with Crippen LogP contribution in [0.4, 0.5) is 0 Å². The number of rotatable bonds is 9. The van der Waals surface area contributed by atoms with Crippen molar-refractivity contribution in [2.75, 3.05) is 6.54 Å². The lowest BCUT2D eigenvalue weighted by atomic mass is 10.1. The van der Waals surface area contributed by atoms with E-state index in [0.29, 0.717) is 0 Å². The Kier molecular flexibility index (Phi) is 8.14. The van der Waals surface area contributed by atoms with Crippen LogP contribution in [0.15, 0.2) is 57.9 Å². The number of hydrogen-bond donors (Lipinski definition) is 1. The van der Waals surface area contributed by atoms with Gasteiger partial charge in [0.2, 0.25) is 11.8 Å². The highest BCUT2D eigenvalue weighted by Gasteiger charge is 2.41. The SMILES string of the molecule is CC[C@H](C)NC(=O)[C@@H](C)N(Cc1ccc(Br)cc1)C(=O)CCN1C(=O)c2ccccc2S1(=O)=O. The quantitative estimate of drug-likeness (QED) is 0.516. The first kappa shape index (κ1) is 25.9. The van der Waals surface area contributed by atoms with Gasteiger partial charge in [0.25, 0.3) is 15.9 Å². The molecule has 182 valence electrons. The summed E-state index contributed by atoms with van der Waals surface area (Å²) in [6.07, 6.45) is 0.505. The molecule has 1 heterocycles. The van der Waals surface area contributed by atoms with Crippen molar-refractivity contribution in [1.82, 2.24) is 14.5 Å². The number of nitrogens with one attached hydrogen (secondary N) is 1. The second-order valence-electron chi connectivity index (χ2n) is 8.27. The molecule has 0 saturated carbocycles. The van der Waals surface area contributed by atoms with Gasteiger partial charge in [-0.1, -0.05) is 47.1 Å². The molecular weight excluding hydrogens is 522 g/mol. The Morgan fingerprint density at radius 2 is 1.74 bits per heavy atom. The van der Waals surface area contributed by atoms with Gasteiger partial charge in [0, 0.05) is 30.0 Å². The number of hydrogen-bond acceptors (Lipinski definition) is 5. The number of benzene rings is 2. The third-order valence-electron chi connectivity index (χ3n) is 5.88. The van der Waals surface area contributed by atoms with Crippen LogP contribution in [0.25, 0.3) is 0 Å². The first-order chi connectivity index (χ1) is 16.1. The smallest absolute Gasteiger partial charge is 0.269 e. The molecule has 3 amide bonds. The molecule has 0 bridgehead atoms. The highest BCUT2D eigenvalue weighted by atomic mass is 79.9. The number of nitrogens with zero attached hydrogens (tertiary/aromatic N) is 2. The normalized spacial score (nSPS) is 16.0. The van der Waals surface area contributed by atoms with E-state index in [4.69, 9.17) is 0 Å². The lowest BCUT2D eigenvalue weighted by molar-refractivity contribution is -0.140. The Bertz CT molecular complexity index is 1180. The number of amides is 3. The second-order valence-corrected chi connectivity index (χ2v) is 11.0. The number of sulfonamides is 1. The van der Waals surface area contributed by atoms with Crippen molar-refractivity contribution >= 4 is 43.7 Å². The van der Waals surface area contributed by atoms with Gasteiger partial charge in [-0.25, -0.2) is 12.7 Å². The van der Waals surface area contributed by atoms with Gasteiger partial charge < -0.3 is 10.2 Å². The van der Waals surface area contributed by atoms with E-state index in [1.54, 1.807) is 19.1 Å². The van der Waals surface area contributed by atoms with Crippen molar-refractivity contribution in [2.24, 2.45) is 0 Å². The molecular formula is C24H28BrN3O5S. The van der Waals surface area contributed by atoms with Crippen LogP contribution < -0.4 is 5.32 Å². The molecule has 0 aliphatic carbocycles. The molecule has 0 radical (unpaired) electrons. The van der Waals surface area contributed by atoms with Gasteiger partial charge in [-0.3, -0.25) is 14.4 Å². The van der Waals surface area contributed by atoms with Gasteiger partial charge in [-0.05, 0) is 50.1 Å². The third-order valence-corrected chi connectivity index (χ3v) is 8.24. The second kappa shape index (κ2) is 10.7. The summed E-state index contributed by atoms with van der Waals surface area (Å²) in [5.74, 6) is -1.36. The zero-order valence-corrected chi connectivity index (χ0v) is 21.7. The van der Waals surface area contributed by atoms with Crippen LogP contribution in [-0.2, 0) is 26.2 Å². The Balaban J connectivity index is 1.79. The van der Waals surface area contributed by atoms with Crippen LogP contribution in [0.5, 0.6) is 0 Å². The first-order valence-corrected chi connectivity index (χ1v) is 13.3. The molecule has 2 aromatic carbocycles. The van der Waals surface area contributed by atoms with Crippen molar-refractivity contribution in [3.05, 3.63) is 64.1 Å². The summed E-state index contributed by atoms with van der Waals surface area (Å²) >= 11 is 3.38. The van der Waals surface area contributed by atoms with E-state index < -0.39 is 27.9 Å². The summed E-state index contributed by atoms with van der Waals surface area (Å²) in [4.78, 5) is 40.1. The maximum absolute atomic E-state index is 13.3. The van der Waals surface area contributed by atoms with Crippen LogP contribution in [0.3, 0.4) is 0 Å². The lowest BCUT2D eigenvalue weighted by Gasteiger charge is -2.30. The van der Waals surface area contributed by atoms with Crippen LogP contribution in [0.2, 0.25) is 0 Å². The molecule has 0 saturated heterocycles. The summed E-state index contributed by atoms with van der Waals surface area (Å²) in [5, 5.41) is 2.89. The first-order valence-electron chi connectivity index (χ1n) is 11.1. The monoisotopic (exact) mass is 549 g/mol. The number of carbonyl (C=O) groups excluding carboxylic acids is 3. The molecule has 3 rings (SSSR count). The minimum atomic E-state index is -4.01. The molecule has 8 nitrogen and oxygen atoms in total. The summed E-state index contributed by atoms with van der Waals surface area (Å²) in [5.41, 5.74) is 0.917. The van der Waals surface area contributed by atoms with E-state index in [0.717, 1.165) is 20.8 Å². The highest BCUT2D eigenvalue weighted by molar-refractivity contribution is 9.10. The van der Waals surface area contributed by atoms with Crippen molar-refractivity contribution in [1.29, 1.82) is 0 Å². The summed E-state index contributed by atoms with van der Waals surface area (Å²) in [7, 11) is -4.01. The largest absolute Gasteiger partial charge is 0.352 e. The zero-order valence-electron chi connectivity index (χ0n) is 19.3. The summed E-state index contributed by atoms with van der Waals surface area (Å²) < 4.78 is 27.2. The van der Waals surface area contributed by atoms with Gasteiger partial charge in [0.05, 0.1) is 5.56 Å². The van der Waals surface area contributed by atoms with E-state index in [2.05, 4.69) is 21.2 Å². The predicted octanol–water partition coefficient (Wildman–Crippen LogP) is 3.32. The molecule has 0 spiro atoms. The van der Waals surface area contributed by atoms with Crippen molar-refractivity contribution < 1.29 is 22.8 Å². The molecule has 1 N–H and O–H groups in total. The molecule has 0 unspecified atom stereocenters. The molecule has 1 aliphatic heterocycles. The fraction of sp³-hybridized carbons (Fsp3) is 0.375. The molecule has 10 heteroatoms. The minimum absolute atomic E-state index is 0.0505. The van der Waals surface area contributed by atoms with Crippen molar-refractivity contribution in [2.45, 2.75) is 57.1 Å². The number of fused-ring (bicyclic) bond motifs is 1. The van der Waals surface area contributed by atoms with Gasteiger partial charge in [0.1, 0.15) is 10.9 Å². The van der Waals surface area contributed by atoms with Gasteiger partial charge in [-0.15, -0.1) is 0 Å². The molecule has 1 aliphatic rings. The van der Waals surface area contributed by atoms with E-state index in [1.165, 1.54) is 17.0 Å². The lowest BCUT2D eigenvalue weighted by Crippen LogP contribution is -2.50. The van der Waals surface area contributed by atoms with Crippen LogP contribution >= 0.6 is 15.9 Å². The Hall–Kier alpha value is -2.72. The number of carbonyl (C=O) groups is 3. The zero-order chi connectivity index (χ0) is 25.0. The molecule has 2 aromatic rings. The maximum Gasteiger partial charge on any atom is 0.269 e. The predicted molar refractivity (Wildman–Crippen MR) is 131 cm³/mol. The third kappa shape index (κ3) is 5.50. The maximum atomic E-state index is 13.3. The van der Waals surface area contributed by atoms with Gasteiger partial charge in [-0.2, -0.15) is 0 Å². The van der Waals surface area contributed by atoms with Gasteiger partial charge >= 0.3 is 0 Å². The Morgan fingerprint density at radius 3 is 2.35 bits per heavy atom. The number of halogens is 1.